The van der Waals surface area contributed by atoms with Crippen LogP contribution in [0.15, 0.2) is 18.2 Å². The Morgan fingerprint density at radius 3 is 2.94 bits per heavy atom. The lowest BCUT2D eigenvalue weighted by atomic mass is 10.0. The fourth-order valence-electron chi connectivity index (χ4n) is 3.18. The Kier molecular flexibility index (Phi) is 3.95. The summed E-state index contributed by atoms with van der Waals surface area (Å²) in [7, 11) is 0. The smallest absolute Gasteiger partial charge is 0.0294 e. The summed E-state index contributed by atoms with van der Waals surface area (Å²) < 4.78 is 0. The van der Waals surface area contributed by atoms with Crippen molar-refractivity contribution in [3.8, 4) is 0 Å². The quantitative estimate of drug-likeness (QED) is 0.890. The monoisotopic (exact) mass is 261 g/mol. The van der Waals surface area contributed by atoms with Crippen molar-refractivity contribution in [1.82, 2.24) is 5.32 Å². The maximum absolute atomic E-state index is 3.81. The maximum atomic E-state index is 3.81. The van der Waals surface area contributed by atoms with E-state index >= 15 is 0 Å². The van der Waals surface area contributed by atoms with Gasteiger partial charge < -0.3 is 5.32 Å². The topological polar surface area (TPSA) is 12.0 Å². The van der Waals surface area contributed by atoms with E-state index in [1.807, 2.05) is 0 Å². The summed E-state index contributed by atoms with van der Waals surface area (Å²) in [6.07, 6.45) is 6.65. The number of aryl methyl sites for hydroxylation is 2. The predicted molar refractivity (Wildman–Crippen MR) is 80.4 cm³/mol. The first-order valence-corrected chi connectivity index (χ1v) is 8.44. The summed E-state index contributed by atoms with van der Waals surface area (Å²) in [5.74, 6) is 2.64. The van der Waals surface area contributed by atoms with Gasteiger partial charge in [-0.05, 0) is 61.5 Å². The second-order valence-corrected chi connectivity index (χ2v) is 6.83. The van der Waals surface area contributed by atoms with Crippen LogP contribution in [0.3, 0.4) is 0 Å². The zero-order valence-corrected chi connectivity index (χ0v) is 12.1. The molecule has 1 saturated heterocycles. The maximum Gasteiger partial charge on any atom is 0.0294 e. The van der Waals surface area contributed by atoms with Crippen LogP contribution < -0.4 is 5.32 Å². The van der Waals surface area contributed by atoms with Crippen molar-refractivity contribution >= 4 is 11.8 Å². The van der Waals surface area contributed by atoms with Crippen LogP contribution in [-0.2, 0) is 12.8 Å². The van der Waals surface area contributed by atoms with Crippen LogP contribution in [-0.4, -0.2) is 17.5 Å². The number of hydrogen-bond acceptors (Lipinski definition) is 2. The molecule has 2 aliphatic rings. The lowest BCUT2D eigenvalue weighted by Gasteiger charge is -2.26. The van der Waals surface area contributed by atoms with Crippen LogP contribution in [0, 0.1) is 0 Å². The third-order valence-electron chi connectivity index (χ3n) is 4.27. The highest BCUT2D eigenvalue weighted by Crippen LogP contribution is 2.26. The van der Waals surface area contributed by atoms with E-state index in [2.05, 4.69) is 42.2 Å². The molecule has 3 rings (SSSR count). The highest BCUT2D eigenvalue weighted by atomic mass is 32.2. The summed E-state index contributed by atoms with van der Waals surface area (Å²) in [5.41, 5.74) is 4.66. The Hall–Kier alpha value is -0.470. The van der Waals surface area contributed by atoms with E-state index in [1.54, 1.807) is 11.1 Å². The SMILES string of the molecule is CC(NC1CCCSC1)c1ccc2c(c1)CCC2. The first-order valence-electron chi connectivity index (χ1n) is 7.28. The Morgan fingerprint density at radius 1 is 1.22 bits per heavy atom. The number of thioether (sulfide) groups is 1. The van der Waals surface area contributed by atoms with Gasteiger partial charge in [0.25, 0.3) is 0 Å². The van der Waals surface area contributed by atoms with Crippen molar-refractivity contribution in [3.63, 3.8) is 0 Å². The number of nitrogens with one attached hydrogen (secondary N) is 1. The molecule has 1 heterocycles. The summed E-state index contributed by atoms with van der Waals surface area (Å²) in [6.45, 7) is 2.32. The molecule has 1 aromatic carbocycles. The number of hydrogen-bond donors (Lipinski definition) is 1. The van der Waals surface area contributed by atoms with Crippen molar-refractivity contribution in [3.05, 3.63) is 34.9 Å². The van der Waals surface area contributed by atoms with Gasteiger partial charge in [0, 0.05) is 17.8 Å². The van der Waals surface area contributed by atoms with Crippen molar-refractivity contribution in [2.24, 2.45) is 0 Å². The molecule has 0 bridgehead atoms. The van der Waals surface area contributed by atoms with Crippen LogP contribution in [0.1, 0.15) is 48.9 Å². The average Bonchev–Trinajstić information content (AvgIpc) is 2.87. The molecule has 0 amide bonds. The molecule has 1 fully saturated rings. The van der Waals surface area contributed by atoms with Gasteiger partial charge in [0.05, 0.1) is 0 Å². The summed E-state index contributed by atoms with van der Waals surface area (Å²) in [5, 5.41) is 3.81. The molecule has 1 nitrogen and oxygen atoms in total. The van der Waals surface area contributed by atoms with Crippen LogP contribution >= 0.6 is 11.8 Å². The molecular weight excluding hydrogens is 238 g/mol. The predicted octanol–water partition coefficient (Wildman–Crippen LogP) is 3.72. The van der Waals surface area contributed by atoms with Crippen molar-refractivity contribution in [1.29, 1.82) is 0 Å². The Bertz CT molecular complexity index is 410. The van der Waals surface area contributed by atoms with Crippen LogP contribution in [0.2, 0.25) is 0 Å². The largest absolute Gasteiger partial charge is 0.307 e. The second-order valence-electron chi connectivity index (χ2n) is 5.68. The average molecular weight is 261 g/mol. The summed E-state index contributed by atoms with van der Waals surface area (Å²) in [4.78, 5) is 0. The molecule has 0 saturated carbocycles. The minimum Gasteiger partial charge on any atom is -0.307 e. The third kappa shape index (κ3) is 2.75. The molecule has 0 spiro atoms. The van der Waals surface area contributed by atoms with Crippen molar-refractivity contribution in [2.75, 3.05) is 11.5 Å². The molecular formula is C16H23NS. The summed E-state index contributed by atoms with van der Waals surface area (Å²) >= 11 is 2.10. The van der Waals surface area contributed by atoms with Gasteiger partial charge in [-0.3, -0.25) is 0 Å². The first-order chi connectivity index (χ1) is 8.83. The zero-order valence-electron chi connectivity index (χ0n) is 11.2. The van der Waals surface area contributed by atoms with Gasteiger partial charge in [-0.15, -0.1) is 0 Å². The molecule has 0 aromatic heterocycles. The first kappa shape index (κ1) is 12.6. The minimum atomic E-state index is 0.500. The Balaban J connectivity index is 1.66. The van der Waals surface area contributed by atoms with E-state index in [-0.39, 0.29) is 0 Å². The second kappa shape index (κ2) is 5.66. The fourth-order valence-corrected chi connectivity index (χ4v) is 4.27. The van der Waals surface area contributed by atoms with Gasteiger partial charge >= 0.3 is 0 Å². The van der Waals surface area contributed by atoms with Crippen LogP contribution in [0.5, 0.6) is 0 Å². The number of benzene rings is 1. The fraction of sp³-hybridized carbons (Fsp3) is 0.625. The van der Waals surface area contributed by atoms with Gasteiger partial charge in [0.15, 0.2) is 0 Å². The van der Waals surface area contributed by atoms with E-state index in [1.165, 1.54) is 49.2 Å². The number of fused-ring (bicyclic) bond motifs is 1. The van der Waals surface area contributed by atoms with Crippen molar-refractivity contribution < 1.29 is 0 Å². The normalized spacial score (nSPS) is 24.8. The molecule has 18 heavy (non-hydrogen) atoms. The summed E-state index contributed by atoms with van der Waals surface area (Å²) in [6, 6.07) is 8.34. The molecule has 1 aromatic rings. The molecule has 0 radical (unpaired) electrons. The molecule has 98 valence electrons. The van der Waals surface area contributed by atoms with Gasteiger partial charge in [-0.2, -0.15) is 11.8 Å². The van der Waals surface area contributed by atoms with Crippen LogP contribution in [0.25, 0.3) is 0 Å². The molecule has 2 heteroatoms. The van der Waals surface area contributed by atoms with E-state index in [4.69, 9.17) is 0 Å². The Morgan fingerprint density at radius 2 is 2.11 bits per heavy atom. The molecule has 1 N–H and O–H groups in total. The molecule has 2 unspecified atom stereocenters. The highest BCUT2D eigenvalue weighted by Gasteiger charge is 2.18. The third-order valence-corrected chi connectivity index (χ3v) is 5.48. The zero-order chi connectivity index (χ0) is 12.4. The Labute approximate surface area is 115 Å². The van der Waals surface area contributed by atoms with Crippen molar-refractivity contribution in [2.45, 2.75) is 51.1 Å². The molecule has 1 aliphatic carbocycles. The minimum absolute atomic E-state index is 0.500. The lowest BCUT2D eigenvalue weighted by molar-refractivity contribution is 0.452. The number of rotatable bonds is 3. The molecule has 1 aliphatic heterocycles. The lowest BCUT2D eigenvalue weighted by Crippen LogP contribution is -2.35. The standard InChI is InChI=1S/C16H23NS/c1-12(17-16-6-3-9-18-11-16)14-8-7-13-4-2-5-15(13)10-14/h7-8,10,12,16-17H,2-6,9,11H2,1H3. The molecule has 2 atom stereocenters. The van der Waals surface area contributed by atoms with Gasteiger partial charge in [0.1, 0.15) is 0 Å². The van der Waals surface area contributed by atoms with E-state index in [0.717, 1.165) is 0 Å². The van der Waals surface area contributed by atoms with E-state index < -0.39 is 0 Å². The van der Waals surface area contributed by atoms with E-state index in [9.17, 15) is 0 Å². The van der Waals surface area contributed by atoms with Gasteiger partial charge in [0.2, 0.25) is 0 Å². The van der Waals surface area contributed by atoms with Gasteiger partial charge in [-0.25, -0.2) is 0 Å². The van der Waals surface area contributed by atoms with Gasteiger partial charge in [-0.1, -0.05) is 18.2 Å². The van der Waals surface area contributed by atoms with Crippen LogP contribution in [0.4, 0.5) is 0 Å². The highest BCUT2D eigenvalue weighted by molar-refractivity contribution is 7.99. The van der Waals surface area contributed by atoms with E-state index in [0.29, 0.717) is 12.1 Å².